The number of rotatable bonds is 1. The van der Waals surface area contributed by atoms with Gasteiger partial charge in [-0.05, 0) is 36.4 Å². The number of hydrogen-bond acceptors (Lipinski definition) is 0. The summed E-state index contributed by atoms with van der Waals surface area (Å²) < 4.78 is 43.1. The van der Waals surface area contributed by atoms with E-state index in [-0.39, 0.29) is 29.9 Å². The molecule has 0 amide bonds. The monoisotopic (exact) mass is 337 g/mol. The maximum Gasteiger partial charge on any atom is 0.0645 e. The first-order chi connectivity index (χ1) is 15.0. The maximum absolute atomic E-state index is 8.53. The molecular formula is C24H16N2. The van der Waals surface area contributed by atoms with Crippen molar-refractivity contribution in [2.24, 2.45) is 0 Å². The molecule has 6 rings (SSSR count). The fourth-order valence-corrected chi connectivity index (χ4v) is 4.00. The Kier molecular flexibility index (Phi) is 1.89. The average Bonchev–Trinajstić information content (AvgIpc) is 3.32. The quantitative estimate of drug-likeness (QED) is 0.357. The van der Waals surface area contributed by atoms with Crippen LogP contribution in [0.4, 0.5) is 0 Å². The summed E-state index contributed by atoms with van der Waals surface area (Å²) in [6, 6.07) is 18.4. The Morgan fingerprint density at radius 1 is 0.654 bits per heavy atom. The molecule has 0 bridgehead atoms. The van der Waals surface area contributed by atoms with Crippen molar-refractivity contribution in [1.82, 2.24) is 9.55 Å². The van der Waals surface area contributed by atoms with Crippen LogP contribution in [0.2, 0.25) is 0 Å². The van der Waals surface area contributed by atoms with Gasteiger partial charge in [-0.3, -0.25) is 0 Å². The third-order valence-electron chi connectivity index (χ3n) is 5.01. The molecule has 0 fully saturated rings. The van der Waals surface area contributed by atoms with E-state index in [1.165, 1.54) is 0 Å². The second-order valence-corrected chi connectivity index (χ2v) is 6.38. The van der Waals surface area contributed by atoms with Gasteiger partial charge >= 0.3 is 0 Å². The van der Waals surface area contributed by atoms with E-state index >= 15 is 0 Å². The molecule has 2 heterocycles. The first kappa shape index (κ1) is 9.83. The lowest BCUT2D eigenvalue weighted by molar-refractivity contribution is 1.18. The minimum absolute atomic E-state index is 0.163. The summed E-state index contributed by atoms with van der Waals surface area (Å²) in [4.78, 5) is 3.46. The molecule has 0 aliphatic carbocycles. The summed E-state index contributed by atoms with van der Waals surface area (Å²) in [6.45, 7) is 0. The molecular weight excluding hydrogens is 316 g/mol. The van der Waals surface area contributed by atoms with Crippen LogP contribution >= 0.6 is 0 Å². The highest BCUT2D eigenvalue weighted by Gasteiger charge is 2.16. The molecule has 2 nitrogen and oxygen atoms in total. The van der Waals surface area contributed by atoms with Crippen molar-refractivity contribution in [3.8, 4) is 5.69 Å². The molecule has 0 saturated carbocycles. The molecule has 6 aromatic rings. The van der Waals surface area contributed by atoms with E-state index in [9.17, 15) is 0 Å². The Morgan fingerprint density at radius 3 is 2.31 bits per heavy atom. The van der Waals surface area contributed by atoms with Crippen molar-refractivity contribution in [1.29, 1.82) is 0 Å². The first-order valence-electron chi connectivity index (χ1n) is 11.0. The van der Waals surface area contributed by atoms with Crippen LogP contribution in [-0.4, -0.2) is 9.55 Å². The van der Waals surface area contributed by atoms with Crippen molar-refractivity contribution < 1.29 is 6.85 Å². The Hall–Kier alpha value is -3.52. The lowest BCUT2D eigenvalue weighted by atomic mass is 10.1. The zero-order valence-electron chi connectivity index (χ0n) is 18.7. The van der Waals surface area contributed by atoms with E-state index in [4.69, 9.17) is 6.85 Å². The van der Waals surface area contributed by atoms with Gasteiger partial charge in [-0.25, -0.2) is 0 Å². The molecule has 0 atom stereocenters. The van der Waals surface area contributed by atoms with Gasteiger partial charge in [0.2, 0.25) is 0 Å². The SMILES string of the molecule is [2H]c1c([2H])c([2H])c(-n2c3ccccc3c3c4c(ccc32)[nH]c2ccccc24)c([2H])c1[2H]. The van der Waals surface area contributed by atoms with Gasteiger partial charge in [0.1, 0.15) is 0 Å². The van der Waals surface area contributed by atoms with Gasteiger partial charge in [-0.15, -0.1) is 0 Å². The number of benzene rings is 4. The van der Waals surface area contributed by atoms with Crippen LogP contribution in [0, 0.1) is 0 Å². The van der Waals surface area contributed by atoms with Crippen LogP contribution in [0.3, 0.4) is 0 Å². The summed E-state index contributed by atoms with van der Waals surface area (Å²) in [6.07, 6.45) is 0. The van der Waals surface area contributed by atoms with Crippen molar-refractivity contribution in [3.63, 3.8) is 0 Å². The molecule has 122 valence electrons. The highest BCUT2D eigenvalue weighted by atomic mass is 15.0. The topological polar surface area (TPSA) is 20.7 Å². The molecule has 1 N–H and O–H groups in total. The predicted molar refractivity (Wildman–Crippen MR) is 110 cm³/mol. The number of fused-ring (bicyclic) bond motifs is 7. The predicted octanol–water partition coefficient (Wildman–Crippen LogP) is 6.42. The maximum atomic E-state index is 8.53. The molecule has 0 aliphatic rings. The Bertz CT molecular complexity index is 1660. The number of aromatic amines is 1. The van der Waals surface area contributed by atoms with Crippen LogP contribution in [0.1, 0.15) is 6.85 Å². The average molecular weight is 337 g/mol. The van der Waals surface area contributed by atoms with Gasteiger partial charge in [-0.2, -0.15) is 0 Å². The van der Waals surface area contributed by atoms with Gasteiger partial charge < -0.3 is 9.55 Å². The fourth-order valence-electron chi connectivity index (χ4n) is 4.00. The molecule has 0 unspecified atom stereocenters. The minimum Gasteiger partial charge on any atom is -0.354 e. The van der Waals surface area contributed by atoms with E-state index in [0.717, 1.165) is 43.6 Å². The smallest absolute Gasteiger partial charge is 0.0645 e. The number of nitrogens with zero attached hydrogens (tertiary/aromatic N) is 1. The van der Waals surface area contributed by atoms with E-state index in [1.807, 2.05) is 54.6 Å². The van der Waals surface area contributed by atoms with Crippen LogP contribution in [0.5, 0.6) is 0 Å². The standard InChI is InChI=1S/C24H16N2/c1-2-8-16(9-3-1)26-21-13-7-5-11-18(21)24-22(26)15-14-20-23(24)17-10-4-6-12-19(17)25-20/h1-15,25H/i1D,2D,3D,8D,9D. The van der Waals surface area contributed by atoms with Crippen molar-refractivity contribution in [2.45, 2.75) is 0 Å². The molecule has 4 aromatic carbocycles. The third-order valence-corrected chi connectivity index (χ3v) is 5.01. The molecule has 0 radical (unpaired) electrons. The fraction of sp³-hybridized carbons (Fsp3) is 0. The van der Waals surface area contributed by atoms with Gasteiger partial charge in [-0.1, -0.05) is 54.5 Å². The van der Waals surface area contributed by atoms with Crippen molar-refractivity contribution >= 4 is 43.6 Å². The molecule has 0 spiro atoms. The highest BCUT2D eigenvalue weighted by Crippen LogP contribution is 2.39. The first-order valence-corrected chi connectivity index (χ1v) is 8.49. The Balaban J connectivity index is 1.90. The molecule has 0 aliphatic heterocycles. The van der Waals surface area contributed by atoms with Gasteiger partial charge in [0.05, 0.1) is 17.9 Å². The summed E-state index contributed by atoms with van der Waals surface area (Å²) in [5.41, 5.74) is 3.80. The highest BCUT2D eigenvalue weighted by molar-refractivity contribution is 6.28. The van der Waals surface area contributed by atoms with Crippen LogP contribution in [-0.2, 0) is 0 Å². The zero-order chi connectivity index (χ0) is 21.4. The van der Waals surface area contributed by atoms with Gasteiger partial charge in [0, 0.05) is 38.3 Å². The van der Waals surface area contributed by atoms with Crippen LogP contribution < -0.4 is 0 Å². The molecule has 2 heteroatoms. The minimum atomic E-state index is -0.390. The van der Waals surface area contributed by atoms with E-state index < -0.39 is 6.04 Å². The zero-order valence-corrected chi connectivity index (χ0v) is 13.7. The molecule has 2 aromatic heterocycles. The lowest BCUT2D eigenvalue weighted by Crippen LogP contribution is -1.92. The van der Waals surface area contributed by atoms with Crippen molar-refractivity contribution in [3.05, 3.63) is 90.9 Å². The summed E-state index contributed by atoms with van der Waals surface area (Å²) in [5, 5.41) is 4.12. The summed E-state index contributed by atoms with van der Waals surface area (Å²) in [7, 11) is 0. The van der Waals surface area contributed by atoms with E-state index in [2.05, 4.69) is 11.1 Å². The number of para-hydroxylation sites is 3. The Morgan fingerprint density at radius 2 is 1.42 bits per heavy atom. The molecule has 26 heavy (non-hydrogen) atoms. The summed E-state index contributed by atoms with van der Waals surface area (Å²) in [5.74, 6) is 0. The largest absolute Gasteiger partial charge is 0.354 e. The molecule has 0 saturated heterocycles. The third kappa shape index (κ3) is 1.71. The van der Waals surface area contributed by atoms with E-state index in [0.29, 0.717) is 0 Å². The lowest BCUT2D eigenvalue weighted by Gasteiger charge is -2.07. The number of nitrogens with one attached hydrogen (secondary N) is 1. The number of hydrogen-bond donors (Lipinski definition) is 1. The summed E-state index contributed by atoms with van der Waals surface area (Å²) >= 11 is 0. The second kappa shape index (κ2) is 4.99. The number of H-pyrrole nitrogens is 1. The second-order valence-electron chi connectivity index (χ2n) is 6.38. The van der Waals surface area contributed by atoms with Gasteiger partial charge in [0.25, 0.3) is 0 Å². The Labute approximate surface area is 157 Å². The van der Waals surface area contributed by atoms with Crippen LogP contribution in [0.15, 0.2) is 90.9 Å². The van der Waals surface area contributed by atoms with E-state index in [1.54, 1.807) is 4.57 Å². The number of aromatic nitrogens is 2. The normalized spacial score (nSPS) is 14.5. The van der Waals surface area contributed by atoms with Gasteiger partial charge in [0.15, 0.2) is 0 Å². The van der Waals surface area contributed by atoms with Crippen LogP contribution in [0.25, 0.3) is 49.3 Å². The van der Waals surface area contributed by atoms with Crippen molar-refractivity contribution in [2.75, 3.05) is 0 Å².